The molecule has 3 aromatic heterocycles. The van der Waals surface area contributed by atoms with E-state index in [0.29, 0.717) is 24.8 Å². The number of likely N-dealkylation sites (tertiary alicyclic amines) is 1. The number of aromatic nitrogens is 3. The van der Waals surface area contributed by atoms with Crippen molar-refractivity contribution in [2.45, 2.75) is 65.3 Å². The molecule has 39 heavy (non-hydrogen) atoms. The van der Waals surface area contributed by atoms with E-state index in [1.54, 1.807) is 11.1 Å². The minimum Gasteiger partial charge on any atom is -0.444 e. The van der Waals surface area contributed by atoms with Crippen molar-refractivity contribution in [2.75, 3.05) is 11.9 Å². The van der Waals surface area contributed by atoms with Gasteiger partial charge in [-0.25, -0.2) is 19.6 Å². The molecule has 6 rings (SSSR count). The number of aromatic amines is 1. The number of thiazole rings is 1. The Morgan fingerprint density at radius 3 is 2.77 bits per heavy atom. The quantitative estimate of drug-likeness (QED) is 0.302. The molecule has 0 aliphatic carbocycles. The highest BCUT2D eigenvalue weighted by Crippen LogP contribution is 2.41. The number of carbonyl (C=O) groups excluding carboxylic acids is 2. The summed E-state index contributed by atoms with van der Waals surface area (Å²) >= 11 is 1.39. The zero-order chi connectivity index (χ0) is 27.3. The average molecular weight is 545 g/mol. The maximum Gasteiger partial charge on any atom is 0.410 e. The summed E-state index contributed by atoms with van der Waals surface area (Å²) in [6, 6.07) is 6.19. The molecule has 1 fully saturated rings. The van der Waals surface area contributed by atoms with E-state index >= 15 is 0 Å². The van der Waals surface area contributed by atoms with Crippen molar-refractivity contribution in [3.8, 4) is 11.1 Å². The highest BCUT2D eigenvalue weighted by atomic mass is 32.1. The molecule has 1 unspecified atom stereocenters. The van der Waals surface area contributed by atoms with Crippen molar-refractivity contribution >= 4 is 39.6 Å². The lowest BCUT2D eigenvalue weighted by Crippen LogP contribution is -2.36. The maximum atomic E-state index is 13.2. The van der Waals surface area contributed by atoms with Crippen LogP contribution in [0.1, 0.15) is 61.9 Å². The lowest BCUT2D eigenvalue weighted by molar-refractivity contribution is 0.0223. The first-order valence-corrected chi connectivity index (χ1v) is 14.1. The van der Waals surface area contributed by atoms with Gasteiger partial charge in [0, 0.05) is 54.6 Å². The molecule has 4 aromatic rings. The van der Waals surface area contributed by atoms with Crippen molar-refractivity contribution in [2.24, 2.45) is 0 Å². The van der Waals surface area contributed by atoms with Crippen LogP contribution in [0.3, 0.4) is 0 Å². The number of aryl methyl sites for hydroxylation is 1. The Bertz CT molecular complexity index is 1560. The predicted octanol–water partition coefficient (Wildman–Crippen LogP) is 6.61. The van der Waals surface area contributed by atoms with Gasteiger partial charge in [-0.2, -0.15) is 0 Å². The molecule has 1 saturated heterocycles. The summed E-state index contributed by atoms with van der Waals surface area (Å²) in [6.07, 6.45) is 6.96. The van der Waals surface area contributed by atoms with Crippen LogP contribution in [-0.4, -0.2) is 49.0 Å². The zero-order valence-electron chi connectivity index (χ0n) is 22.6. The van der Waals surface area contributed by atoms with E-state index in [9.17, 15) is 9.59 Å². The Hall–Kier alpha value is -3.92. The van der Waals surface area contributed by atoms with Crippen LogP contribution in [0.15, 0.2) is 42.2 Å². The minimum absolute atomic E-state index is 0.124. The smallest absolute Gasteiger partial charge is 0.410 e. The second-order valence-electron chi connectivity index (χ2n) is 11.3. The summed E-state index contributed by atoms with van der Waals surface area (Å²) in [6.45, 7) is 9.32. The molecule has 2 N–H and O–H groups in total. The third kappa shape index (κ3) is 4.96. The molecule has 202 valence electrons. The molecule has 5 heterocycles. The number of amides is 3. The average Bonchev–Trinajstić information content (AvgIpc) is 3.69. The van der Waals surface area contributed by atoms with E-state index in [2.05, 4.69) is 45.4 Å². The Kier molecular flexibility index (Phi) is 6.29. The third-order valence-electron chi connectivity index (χ3n) is 7.33. The van der Waals surface area contributed by atoms with Crippen molar-refractivity contribution in [1.29, 1.82) is 0 Å². The van der Waals surface area contributed by atoms with Gasteiger partial charge in [-0.05, 0) is 86.6 Å². The molecule has 10 heteroatoms. The molecule has 0 spiro atoms. The Labute approximate surface area is 231 Å². The normalized spacial score (nSPS) is 17.1. The molecule has 1 aromatic carbocycles. The molecule has 0 saturated carbocycles. The lowest BCUT2D eigenvalue weighted by atomic mass is 9.91. The van der Waals surface area contributed by atoms with Crippen LogP contribution in [0.25, 0.3) is 22.2 Å². The number of rotatable bonds is 3. The lowest BCUT2D eigenvalue weighted by Gasteiger charge is -2.30. The van der Waals surface area contributed by atoms with Crippen LogP contribution in [0.4, 0.5) is 14.7 Å². The van der Waals surface area contributed by atoms with Gasteiger partial charge in [-0.1, -0.05) is 0 Å². The van der Waals surface area contributed by atoms with Crippen molar-refractivity contribution in [3.05, 3.63) is 64.4 Å². The van der Waals surface area contributed by atoms with Crippen molar-refractivity contribution in [1.82, 2.24) is 24.8 Å². The fourth-order valence-electron chi connectivity index (χ4n) is 5.53. The first kappa shape index (κ1) is 25.4. The number of benzene rings is 1. The van der Waals surface area contributed by atoms with Crippen molar-refractivity contribution < 1.29 is 14.3 Å². The molecular weight excluding hydrogens is 512 g/mol. The molecule has 3 amide bonds. The van der Waals surface area contributed by atoms with E-state index in [0.717, 1.165) is 57.3 Å². The summed E-state index contributed by atoms with van der Waals surface area (Å²) in [5.41, 5.74) is 6.69. The maximum absolute atomic E-state index is 13.2. The van der Waals surface area contributed by atoms with Gasteiger partial charge in [0.05, 0.1) is 6.04 Å². The summed E-state index contributed by atoms with van der Waals surface area (Å²) in [7, 11) is 0. The second kappa shape index (κ2) is 9.68. The first-order valence-electron chi connectivity index (χ1n) is 13.2. The fourth-order valence-corrected chi connectivity index (χ4v) is 6.05. The number of fused-ring (bicyclic) bond motifs is 2. The first-order chi connectivity index (χ1) is 18.7. The van der Waals surface area contributed by atoms with Gasteiger partial charge >= 0.3 is 12.1 Å². The van der Waals surface area contributed by atoms with Crippen LogP contribution < -0.4 is 5.32 Å². The van der Waals surface area contributed by atoms with Crippen LogP contribution in [-0.2, 0) is 17.8 Å². The Morgan fingerprint density at radius 2 is 2.00 bits per heavy atom. The number of hydrogen-bond donors (Lipinski definition) is 2. The molecule has 2 aliphatic heterocycles. The minimum atomic E-state index is -0.575. The van der Waals surface area contributed by atoms with Gasteiger partial charge in [-0.3, -0.25) is 5.32 Å². The van der Waals surface area contributed by atoms with Crippen LogP contribution in [0.2, 0.25) is 0 Å². The van der Waals surface area contributed by atoms with E-state index in [-0.39, 0.29) is 18.2 Å². The molecule has 0 bridgehead atoms. The number of nitrogens with one attached hydrogen (secondary N) is 2. The summed E-state index contributed by atoms with van der Waals surface area (Å²) in [5, 5.41) is 6.39. The van der Waals surface area contributed by atoms with Gasteiger partial charge < -0.3 is 19.5 Å². The Morgan fingerprint density at radius 1 is 1.15 bits per heavy atom. The summed E-state index contributed by atoms with van der Waals surface area (Å²) in [4.78, 5) is 42.0. The number of pyridine rings is 1. The molecule has 1 atom stereocenters. The van der Waals surface area contributed by atoms with E-state index in [1.165, 1.54) is 11.3 Å². The number of ether oxygens (including phenoxy) is 1. The predicted molar refractivity (Wildman–Crippen MR) is 152 cm³/mol. The summed E-state index contributed by atoms with van der Waals surface area (Å²) < 4.78 is 5.77. The van der Waals surface area contributed by atoms with E-state index in [1.807, 2.05) is 43.4 Å². The standard InChI is InChI=1S/C29H32N6O3S/c1-17-13-31-25-21(17)12-19(14-32-25)18-10-20-15-34(27(36)33-26-30-7-9-39-26)16-23(20)22(11-18)24-6-5-8-35(24)28(37)38-29(2,3)4/h7,9-14,24H,5-6,8,15-16H2,1-4H3,(H,31,32)(H,30,33,36). The largest absolute Gasteiger partial charge is 0.444 e. The van der Waals surface area contributed by atoms with Crippen LogP contribution >= 0.6 is 11.3 Å². The molecule has 2 aliphatic rings. The fraction of sp³-hybridized carbons (Fsp3) is 0.379. The molecular formula is C29H32N6O3S. The van der Waals surface area contributed by atoms with Gasteiger partial charge in [0.1, 0.15) is 11.2 Å². The highest BCUT2D eigenvalue weighted by molar-refractivity contribution is 7.13. The number of urea groups is 1. The van der Waals surface area contributed by atoms with Gasteiger partial charge in [0.25, 0.3) is 0 Å². The van der Waals surface area contributed by atoms with Crippen LogP contribution in [0.5, 0.6) is 0 Å². The Balaban J connectivity index is 1.39. The highest BCUT2D eigenvalue weighted by Gasteiger charge is 2.37. The van der Waals surface area contributed by atoms with E-state index in [4.69, 9.17) is 4.74 Å². The number of nitrogens with zero attached hydrogens (tertiary/aromatic N) is 4. The monoisotopic (exact) mass is 544 g/mol. The van der Waals surface area contributed by atoms with Gasteiger partial charge in [-0.15, -0.1) is 11.3 Å². The van der Waals surface area contributed by atoms with E-state index < -0.39 is 5.60 Å². The van der Waals surface area contributed by atoms with Gasteiger partial charge in [0.15, 0.2) is 5.13 Å². The molecule has 9 nitrogen and oxygen atoms in total. The van der Waals surface area contributed by atoms with Gasteiger partial charge in [0.2, 0.25) is 0 Å². The topological polar surface area (TPSA) is 103 Å². The molecule has 0 radical (unpaired) electrons. The van der Waals surface area contributed by atoms with Crippen LogP contribution in [0, 0.1) is 6.92 Å². The summed E-state index contributed by atoms with van der Waals surface area (Å²) in [5.74, 6) is 0. The number of anilines is 1. The number of H-pyrrole nitrogens is 1. The number of carbonyl (C=O) groups is 2. The zero-order valence-corrected chi connectivity index (χ0v) is 23.4. The van der Waals surface area contributed by atoms with Crippen molar-refractivity contribution in [3.63, 3.8) is 0 Å². The number of hydrogen-bond acceptors (Lipinski definition) is 6. The third-order valence-corrected chi connectivity index (χ3v) is 8.02. The second-order valence-corrected chi connectivity index (χ2v) is 12.1. The SMILES string of the molecule is Cc1c[nH]c2ncc(-c3cc4c(c(C5CCCN5C(=O)OC(C)(C)C)c3)CN(C(=O)Nc3nccs3)C4)cc12.